The zero-order valence-electron chi connectivity index (χ0n) is 14.7. The molecule has 27 heavy (non-hydrogen) atoms. The first-order valence-electron chi connectivity index (χ1n) is 8.58. The van der Waals surface area contributed by atoms with Crippen LogP contribution in [0.25, 0.3) is 22.3 Å². The van der Waals surface area contributed by atoms with Crippen LogP contribution in [0.5, 0.6) is 5.75 Å². The Hall–Kier alpha value is -3.66. The molecule has 0 radical (unpaired) electrons. The number of hydrogen-bond acceptors (Lipinski definition) is 4. The minimum absolute atomic E-state index is 0.0156. The van der Waals surface area contributed by atoms with Crippen molar-refractivity contribution in [3.63, 3.8) is 0 Å². The Balaban J connectivity index is 1.94. The Morgan fingerprint density at radius 3 is 2.37 bits per heavy atom. The summed E-state index contributed by atoms with van der Waals surface area (Å²) in [4.78, 5) is 16.2. The van der Waals surface area contributed by atoms with Crippen LogP contribution in [0.1, 0.15) is 17.3 Å². The van der Waals surface area contributed by atoms with Crippen molar-refractivity contribution in [2.24, 2.45) is 4.99 Å². The van der Waals surface area contributed by atoms with Crippen molar-refractivity contribution in [3.05, 3.63) is 89.8 Å². The number of carbonyl (C=O) groups excluding carboxylic acids is 1. The van der Waals surface area contributed by atoms with Gasteiger partial charge in [0.2, 0.25) is 0 Å². The molecule has 4 nitrogen and oxygen atoms in total. The Kier molecular flexibility index (Phi) is 4.30. The molecule has 1 aromatic heterocycles. The molecular weight excluding hydrogens is 338 g/mol. The second kappa shape index (κ2) is 6.92. The van der Waals surface area contributed by atoms with E-state index in [2.05, 4.69) is 0 Å². The van der Waals surface area contributed by atoms with E-state index in [1.54, 1.807) is 42.5 Å². The Labute approximate surface area is 156 Å². The predicted octanol–water partition coefficient (Wildman–Crippen LogP) is 5.24. The summed E-state index contributed by atoms with van der Waals surface area (Å²) in [5, 5.41) is 11.3. The summed E-state index contributed by atoms with van der Waals surface area (Å²) in [5.41, 5.74) is 2.93. The summed E-state index contributed by atoms with van der Waals surface area (Å²) in [6.45, 7) is 1.53. The molecule has 0 saturated heterocycles. The molecule has 132 valence electrons. The molecule has 4 heteroatoms. The Morgan fingerprint density at radius 2 is 1.67 bits per heavy atom. The van der Waals surface area contributed by atoms with Crippen molar-refractivity contribution in [2.75, 3.05) is 0 Å². The van der Waals surface area contributed by atoms with Crippen molar-refractivity contribution in [1.29, 1.82) is 0 Å². The minimum Gasteiger partial charge on any atom is -0.508 e. The van der Waals surface area contributed by atoms with E-state index in [4.69, 9.17) is 9.41 Å². The first-order chi connectivity index (χ1) is 13.1. The quantitative estimate of drug-likeness (QED) is 0.511. The number of rotatable bonds is 3. The molecule has 0 amide bonds. The number of phenols is 1. The van der Waals surface area contributed by atoms with Gasteiger partial charge in [-0.2, -0.15) is 0 Å². The second-order valence-corrected chi connectivity index (χ2v) is 6.26. The van der Waals surface area contributed by atoms with Crippen LogP contribution >= 0.6 is 0 Å². The number of nitrogens with zero attached hydrogens (tertiary/aromatic N) is 1. The van der Waals surface area contributed by atoms with Crippen molar-refractivity contribution in [2.45, 2.75) is 6.92 Å². The molecule has 0 unspecified atom stereocenters. The molecular formula is C23H17NO3. The highest BCUT2D eigenvalue weighted by atomic mass is 16.3. The van der Waals surface area contributed by atoms with E-state index in [1.165, 1.54) is 6.92 Å². The lowest BCUT2D eigenvalue weighted by Crippen LogP contribution is -2.03. The number of Topliss-reactive ketones (excluding diaryl/α,β-unsaturated/α-hetero) is 1. The van der Waals surface area contributed by atoms with Gasteiger partial charge < -0.3 is 9.52 Å². The fraction of sp³-hybridized carbons (Fsp3) is 0.0435. The van der Waals surface area contributed by atoms with Crippen LogP contribution in [0.3, 0.4) is 0 Å². The fourth-order valence-corrected chi connectivity index (χ4v) is 2.90. The van der Waals surface area contributed by atoms with Gasteiger partial charge in [0.05, 0.1) is 11.0 Å². The monoisotopic (exact) mass is 355 g/mol. The van der Waals surface area contributed by atoms with Crippen molar-refractivity contribution >= 4 is 22.4 Å². The maximum absolute atomic E-state index is 11.5. The van der Waals surface area contributed by atoms with Crippen molar-refractivity contribution in [1.82, 2.24) is 0 Å². The molecule has 4 rings (SSSR count). The van der Waals surface area contributed by atoms with Gasteiger partial charge >= 0.3 is 0 Å². The number of aromatic hydroxyl groups is 1. The molecule has 0 fully saturated rings. The van der Waals surface area contributed by atoms with Gasteiger partial charge in [-0.05, 0) is 49.4 Å². The molecule has 0 aliphatic carbocycles. The number of benzene rings is 3. The molecule has 1 N–H and O–H groups in total. The van der Waals surface area contributed by atoms with Gasteiger partial charge in [-0.3, -0.25) is 4.79 Å². The van der Waals surface area contributed by atoms with Gasteiger partial charge in [0.25, 0.3) is 0 Å². The molecule has 0 atom stereocenters. The summed E-state index contributed by atoms with van der Waals surface area (Å²) in [7, 11) is 0. The summed E-state index contributed by atoms with van der Waals surface area (Å²) in [6.07, 6.45) is 0. The first kappa shape index (κ1) is 16.8. The van der Waals surface area contributed by atoms with Crippen LogP contribution < -0.4 is 5.36 Å². The van der Waals surface area contributed by atoms with E-state index in [-0.39, 0.29) is 11.5 Å². The van der Waals surface area contributed by atoms with E-state index in [0.29, 0.717) is 27.7 Å². The highest BCUT2D eigenvalue weighted by molar-refractivity contribution is 5.94. The first-order valence-corrected chi connectivity index (χ1v) is 8.58. The normalized spacial score (nSPS) is 11.7. The van der Waals surface area contributed by atoms with Crippen molar-refractivity contribution in [3.8, 4) is 17.1 Å². The third-order valence-electron chi connectivity index (χ3n) is 4.31. The number of phenolic OH excluding ortho intramolecular Hbond substituents is 1. The summed E-state index contributed by atoms with van der Waals surface area (Å²) >= 11 is 0. The lowest BCUT2D eigenvalue weighted by Gasteiger charge is -2.06. The van der Waals surface area contributed by atoms with Crippen LogP contribution in [0.15, 0.2) is 88.3 Å². The van der Waals surface area contributed by atoms with Crippen LogP contribution in [-0.4, -0.2) is 10.9 Å². The third-order valence-corrected chi connectivity index (χ3v) is 4.31. The molecule has 1 heterocycles. The van der Waals surface area contributed by atoms with E-state index in [1.807, 2.05) is 36.4 Å². The zero-order valence-corrected chi connectivity index (χ0v) is 14.7. The zero-order chi connectivity index (χ0) is 18.8. The number of hydrogen-bond donors (Lipinski definition) is 1. The smallest absolute Gasteiger partial charge is 0.159 e. The molecule has 0 aliphatic heterocycles. The van der Waals surface area contributed by atoms with Crippen LogP contribution in [0, 0.1) is 0 Å². The average Bonchev–Trinajstić information content (AvgIpc) is 2.69. The van der Waals surface area contributed by atoms with Gasteiger partial charge in [-0.1, -0.05) is 30.3 Å². The molecule has 4 aromatic rings. The van der Waals surface area contributed by atoms with E-state index in [0.717, 1.165) is 11.3 Å². The van der Waals surface area contributed by atoms with E-state index < -0.39 is 0 Å². The molecule has 0 bridgehead atoms. The van der Waals surface area contributed by atoms with Crippen LogP contribution in [-0.2, 0) is 0 Å². The molecule has 3 aromatic carbocycles. The lowest BCUT2D eigenvalue weighted by molar-refractivity contribution is 0.101. The minimum atomic E-state index is 0.0156. The van der Waals surface area contributed by atoms with Gasteiger partial charge in [0.15, 0.2) is 5.78 Å². The SMILES string of the molecule is CC(=O)c1ccc(N=c2cc(-c3ccccc3)oc3ccc(O)cc23)cc1. The molecule has 0 saturated carbocycles. The van der Waals surface area contributed by atoms with Gasteiger partial charge in [0, 0.05) is 22.6 Å². The van der Waals surface area contributed by atoms with E-state index >= 15 is 0 Å². The van der Waals surface area contributed by atoms with Crippen LogP contribution in [0.2, 0.25) is 0 Å². The number of carbonyl (C=O) groups is 1. The topological polar surface area (TPSA) is 62.8 Å². The highest BCUT2D eigenvalue weighted by Gasteiger charge is 2.07. The predicted molar refractivity (Wildman–Crippen MR) is 105 cm³/mol. The van der Waals surface area contributed by atoms with Gasteiger partial charge in [-0.15, -0.1) is 0 Å². The fourth-order valence-electron chi connectivity index (χ4n) is 2.90. The van der Waals surface area contributed by atoms with Gasteiger partial charge in [-0.25, -0.2) is 4.99 Å². The Morgan fingerprint density at radius 1 is 0.926 bits per heavy atom. The largest absolute Gasteiger partial charge is 0.508 e. The third kappa shape index (κ3) is 3.51. The number of ketones is 1. The maximum Gasteiger partial charge on any atom is 0.159 e. The van der Waals surface area contributed by atoms with E-state index in [9.17, 15) is 9.90 Å². The summed E-state index contributed by atoms with van der Waals surface area (Å²) in [6, 6.07) is 23.7. The second-order valence-electron chi connectivity index (χ2n) is 6.26. The maximum atomic E-state index is 11.5. The lowest BCUT2D eigenvalue weighted by atomic mass is 10.1. The highest BCUT2D eigenvalue weighted by Crippen LogP contribution is 2.25. The average molecular weight is 355 g/mol. The Bertz CT molecular complexity index is 1190. The van der Waals surface area contributed by atoms with Gasteiger partial charge in [0.1, 0.15) is 17.1 Å². The van der Waals surface area contributed by atoms with Crippen LogP contribution in [0.4, 0.5) is 5.69 Å². The molecule has 0 spiro atoms. The summed E-state index contributed by atoms with van der Waals surface area (Å²) < 4.78 is 6.02. The number of fused-ring (bicyclic) bond motifs is 1. The molecule has 0 aliphatic rings. The summed E-state index contributed by atoms with van der Waals surface area (Å²) in [5.74, 6) is 0.850. The van der Waals surface area contributed by atoms with Crippen molar-refractivity contribution < 1.29 is 14.3 Å². The standard InChI is InChI=1S/C23H17NO3/c1-15(25)16-7-9-18(10-8-16)24-21-14-23(17-5-3-2-4-6-17)27-22-12-11-19(26)13-20(21)22/h2-14,26H,1H3.